The summed E-state index contributed by atoms with van der Waals surface area (Å²) >= 11 is 1.57. The van der Waals surface area contributed by atoms with Gasteiger partial charge in [0, 0.05) is 16.6 Å². The molecule has 3 aromatic rings. The molecule has 1 N–H and O–H groups in total. The van der Waals surface area contributed by atoms with Gasteiger partial charge in [0.1, 0.15) is 11.5 Å². The van der Waals surface area contributed by atoms with E-state index in [1.807, 2.05) is 50.2 Å². The third-order valence-corrected chi connectivity index (χ3v) is 5.13. The van der Waals surface area contributed by atoms with Crippen molar-refractivity contribution < 1.29 is 9.84 Å². The lowest BCUT2D eigenvalue weighted by Crippen LogP contribution is -1.96. The molecule has 0 saturated carbocycles. The zero-order valence-corrected chi connectivity index (χ0v) is 14.8. The molecule has 4 heteroatoms. The Morgan fingerprint density at radius 1 is 1.17 bits per heavy atom. The number of ether oxygens (including phenoxy) is 1. The summed E-state index contributed by atoms with van der Waals surface area (Å²) in [4.78, 5) is 5.48. The van der Waals surface area contributed by atoms with Crippen molar-refractivity contribution in [3.05, 3.63) is 59.0 Å². The van der Waals surface area contributed by atoms with Gasteiger partial charge in [0.2, 0.25) is 0 Å². The van der Waals surface area contributed by atoms with E-state index >= 15 is 0 Å². The molecule has 1 heterocycles. The molecule has 0 aliphatic rings. The van der Waals surface area contributed by atoms with Crippen LogP contribution >= 0.6 is 11.3 Å². The predicted octanol–water partition coefficient (Wildman–Crippen LogP) is 5.06. The van der Waals surface area contributed by atoms with Crippen LogP contribution in [-0.2, 0) is 6.42 Å². The fourth-order valence-corrected chi connectivity index (χ4v) is 3.68. The first-order chi connectivity index (χ1) is 11.7. The number of benzene rings is 2. The number of hydrogen-bond acceptors (Lipinski definition) is 4. The van der Waals surface area contributed by atoms with Gasteiger partial charge in [-0.05, 0) is 44.0 Å². The van der Waals surface area contributed by atoms with Gasteiger partial charge in [-0.25, -0.2) is 0 Å². The Morgan fingerprint density at radius 2 is 1.96 bits per heavy atom. The van der Waals surface area contributed by atoms with Gasteiger partial charge in [0.15, 0.2) is 0 Å². The van der Waals surface area contributed by atoms with E-state index in [4.69, 9.17) is 4.74 Å². The van der Waals surface area contributed by atoms with Gasteiger partial charge in [-0.1, -0.05) is 30.3 Å². The first kappa shape index (κ1) is 16.5. The molecule has 0 aliphatic heterocycles. The van der Waals surface area contributed by atoms with E-state index in [9.17, 15) is 5.11 Å². The maximum absolute atomic E-state index is 10.5. The Labute approximate surface area is 146 Å². The van der Waals surface area contributed by atoms with Gasteiger partial charge in [-0.15, -0.1) is 11.3 Å². The van der Waals surface area contributed by atoms with Gasteiger partial charge >= 0.3 is 0 Å². The van der Waals surface area contributed by atoms with Crippen molar-refractivity contribution in [3.63, 3.8) is 0 Å². The largest absolute Gasteiger partial charge is 0.506 e. The lowest BCUT2D eigenvalue weighted by Gasteiger charge is -2.02. The molecular weight excluding hydrogens is 318 g/mol. The van der Waals surface area contributed by atoms with Crippen LogP contribution in [0.15, 0.2) is 53.5 Å². The van der Waals surface area contributed by atoms with Crippen molar-refractivity contribution in [1.29, 1.82) is 0 Å². The quantitative estimate of drug-likeness (QED) is 0.638. The Hall–Kier alpha value is -2.33. The normalized spacial score (nSPS) is 11.8. The van der Waals surface area contributed by atoms with Gasteiger partial charge in [0.25, 0.3) is 0 Å². The zero-order valence-electron chi connectivity index (χ0n) is 14.0. The van der Waals surface area contributed by atoms with Gasteiger partial charge in [-0.3, -0.25) is 4.99 Å². The topological polar surface area (TPSA) is 41.8 Å². The molecule has 0 aliphatic carbocycles. The standard InChI is InChI=1S/C20H21NO2S/c1-3-23-16-9-10-18-17(13-16)19(22)20(24-18)14(2)21-12-11-15-7-5-4-6-8-15/h4-10,13,22H,3,11-12H2,1-2H3. The van der Waals surface area contributed by atoms with E-state index < -0.39 is 0 Å². The number of nitrogens with zero attached hydrogens (tertiary/aromatic N) is 1. The molecule has 0 atom stereocenters. The van der Waals surface area contributed by atoms with Crippen LogP contribution in [0.2, 0.25) is 0 Å². The summed E-state index contributed by atoms with van der Waals surface area (Å²) in [7, 11) is 0. The summed E-state index contributed by atoms with van der Waals surface area (Å²) < 4.78 is 6.56. The Bertz CT molecular complexity index is 853. The third kappa shape index (κ3) is 3.60. The number of aromatic hydroxyl groups is 1. The van der Waals surface area contributed by atoms with E-state index in [2.05, 4.69) is 17.1 Å². The molecule has 0 bridgehead atoms. The summed E-state index contributed by atoms with van der Waals surface area (Å²) in [5.41, 5.74) is 2.15. The Kier molecular flexibility index (Phi) is 5.16. The highest BCUT2D eigenvalue weighted by Gasteiger charge is 2.14. The second-order valence-corrected chi connectivity index (χ2v) is 6.63. The Morgan fingerprint density at radius 3 is 2.71 bits per heavy atom. The first-order valence-electron chi connectivity index (χ1n) is 8.12. The minimum atomic E-state index is 0.303. The zero-order chi connectivity index (χ0) is 16.9. The third-order valence-electron chi connectivity index (χ3n) is 3.87. The molecule has 0 amide bonds. The van der Waals surface area contributed by atoms with E-state index in [1.54, 1.807) is 11.3 Å². The second kappa shape index (κ2) is 7.49. The van der Waals surface area contributed by atoms with Crippen LogP contribution in [-0.4, -0.2) is 24.0 Å². The Balaban J connectivity index is 1.80. The summed E-state index contributed by atoms with van der Waals surface area (Å²) in [6.45, 7) is 5.24. The summed E-state index contributed by atoms with van der Waals surface area (Å²) in [6, 6.07) is 16.1. The molecule has 0 fully saturated rings. The van der Waals surface area contributed by atoms with Gasteiger partial charge < -0.3 is 9.84 Å². The molecule has 124 valence electrons. The summed E-state index contributed by atoms with van der Waals surface area (Å²) in [5, 5.41) is 11.4. The lowest BCUT2D eigenvalue weighted by atomic mass is 10.1. The van der Waals surface area contributed by atoms with Crippen LogP contribution in [0.5, 0.6) is 11.5 Å². The highest BCUT2D eigenvalue weighted by Crippen LogP contribution is 2.39. The maximum atomic E-state index is 10.5. The molecule has 2 aromatic carbocycles. The smallest absolute Gasteiger partial charge is 0.143 e. The first-order valence-corrected chi connectivity index (χ1v) is 8.94. The molecule has 1 aromatic heterocycles. The highest BCUT2D eigenvalue weighted by atomic mass is 32.1. The van der Waals surface area contributed by atoms with E-state index in [0.717, 1.165) is 32.8 Å². The molecule has 0 radical (unpaired) electrons. The summed E-state index contributed by atoms with van der Waals surface area (Å²) in [5.74, 6) is 1.08. The van der Waals surface area contributed by atoms with Crippen molar-refractivity contribution >= 4 is 27.1 Å². The molecule has 0 saturated heterocycles. The van der Waals surface area contributed by atoms with E-state index in [1.165, 1.54) is 5.56 Å². The van der Waals surface area contributed by atoms with Crippen LogP contribution < -0.4 is 4.74 Å². The lowest BCUT2D eigenvalue weighted by molar-refractivity contribution is 0.340. The fraction of sp³-hybridized carbons (Fsp3) is 0.250. The van der Waals surface area contributed by atoms with Crippen molar-refractivity contribution in [3.8, 4) is 11.5 Å². The molecular formula is C20H21NO2S. The predicted molar refractivity (Wildman–Crippen MR) is 102 cm³/mol. The van der Waals surface area contributed by atoms with Crippen LogP contribution in [0.25, 0.3) is 10.1 Å². The van der Waals surface area contributed by atoms with E-state index in [0.29, 0.717) is 18.9 Å². The molecule has 0 spiro atoms. The maximum Gasteiger partial charge on any atom is 0.143 e. The highest BCUT2D eigenvalue weighted by molar-refractivity contribution is 7.21. The van der Waals surface area contributed by atoms with Crippen molar-refractivity contribution in [2.75, 3.05) is 13.2 Å². The van der Waals surface area contributed by atoms with Crippen LogP contribution in [0.4, 0.5) is 0 Å². The summed E-state index contributed by atoms with van der Waals surface area (Å²) in [6.07, 6.45) is 0.901. The van der Waals surface area contributed by atoms with Crippen LogP contribution in [0.1, 0.15) is 24.3 Å². The minimum Gasteiger partial charge on any atom is -0.506 e. The number of rotatable bonds is 6. The van der Waals surface area contributed by atoms with Crippen molar-refractivity contribution in [1.82, 2.24) is 0 Å². The molecule has 24 heavy (non-hydrogen) atoms. The fourth-order valence-electron chi connectivity index (χ4n) is 2.63. The van der Waals surface area contributed by atoms with Gasteiger partial charge in [0.05, 0.1) is 17.2 Å². The van der Waals surface area contributed by atoms with Gasteiger partial charge in [-0.2, -0.15) is 0 Å². The SMILES string of the molecule is CCOc1ccc2sc(C(C)=NCCc3ccccc3)c(O)c2c1. The number of fused-ring (bicyclic) bond motifs is 1. The van der Waals surface area contributed by atoms with Crippen LogP contribution in [0.3, 0.4) is 0 Å². The second-order valence-electron chi connectivity index (χ2n) is 5.57. The molecule has 0 unspecified atom stereocenters. The minimum absolute atomic E-state index is 0.303. The average Bonchev–Trinajstić information content (AvgIpc) is 2.93. The number of hydrogen-bond donors (Lipinski definition) is 1. The van der Waals surface area contributed by atoms with Crippen molar-refractivity contribution in [2.24, 2.45) is 4.99 Å². The molecule has 3 nitrogen and oxygen atoms in total. The number of thiophene rings is 1. The van der Waals surface area contributed by atoms with Crippen LogP contribution in [0, 0.1) is 0 Å². The van der Waals surface area contributed by atoms with Crippen molar-refractivity contribution in [2.45, 2.75) is 20.3 Å². The average molecular weight is 339 g/mol. The molecule has 3 rings (SSSR count). The number of aliphatic imine (C=N–C) groups is 1. The van der Waals surface area contributed by atoms with E-state index in [-0.39, 0.29) is 0 Å². The monoisotopic (exact) mass is 339 g/mol.